The number of nitrogens with one attached hydrogen (secondary N) is 1. The molecule has 1 saturated heterocycles. The molecule has 0 spiro atoms. The predicted molar refractivity (Wildman–Crippen MR) is 97.9 cm³/mol. The number of carbonyl (C=O) groups excluding carboxylic acids is 2. The van der Waals surface area contributed by atoms with E-state index in [4.69, 9.17) is 0 Å². The molecule has 0 radical (unpaired) electrons. The molecule has 1 aliphatic rings. The molecule has 0 aliphatic carbocycles. The molecule has 26 heavy (non-hydrogen) atoms. The molecule has 1 aliphatic heterocycles. The zero-order chi connectivity index (χ0) is 18.6. The molecular weight excluding hydrogens is 331 g/mol. The minimum absolute atomic E-state index is 0.0402. The molecule has 1 N–H and O–H groups in total. The molecule has 0 atom stereocenters. The molecule has 2 amide bonds. The van der Waals surface area contributed by atoms with Gasteiger partial charge in [0.05, 0.1) is 5.41 Å². The van der Waals surface area contributed by atoms with Gasteiger partial charge < -0.3 is 10.2 Å². The van der Waals surface area contributed by atoms with Crippen LogP contribution in [0.3, 0.4) is 0 Å². The van der Waals surface area contributed by atoms with Crippen molar-refractivity contribution in [3.05, 3.63) is 71.5 Å². The Labute approximate surface area is 153 Å². The number of rotatable bonds is 4. The van der Waals surface area contributed by atoms with E-state index in [9.17, 15) is 14.0 Å². The fraction of sp³-hybridized carbons (Fsp3) is 0.333. The third-order valence-electron chi connectivity index (χ3n) is 5.19. The van der Waals surface area contributed by atoms with Crippen LogP contribution in [0.1, 0.15) is 30.9 Å². The monoisotopic (exact) mass is 354 g/mol. The van der Waals surface area contributed by atoms with Crippen LogP contribution >= 0.6 is 0 Å². The maximum atomic E-state index is 13.1. The molecule has 4 nitrogen and oxygen atoms in total. The SMILES string of the molecule is CC(=O)N1CCC(C(=O)NCc2ccc(F)cc2)(c2ccccc2)CC1. The first-order valence-corrected chi connectivity index (χ1v) is 8.85. The van der Waals surface area contributed by atoms with E-state index in [1.165, 1.54) is 12.1 Å². The van der Waals surface area contributed by atoms with E-state index in [0.717, 1.165) is 11.1 Å². The highest BCUT2D eigenvalue weighted by Gasteiger charge is 2.43. The van der Waals surface area contributed by atoms with Crippen LogP contribution in [-0.4, -0.2) is 29.8 Å². The second-order valence-electron chi connectivity index (χ2n) is 6.76. The molecule has 1 heterocycles. The summed E-state index contributed by atoms with van der Waals surface area (Å²) in [6.07, 6.45) is 1.18. The fourth-order valence-corrected chi connectivity index (χ4v) is 3.56. The third kappa shape index (κ3) is 3.77. The van der Waals surface area contributed by atoms with Gasteiger partial charge in [-0.15, -0.1) is 0 Å². The number of carbonyl (C=O) groups is 2. The maximum absolute atomic E-state index is 13.1. The summed E-state index contributed by atoms with van der Waals surface area (Å²) in [4.78, 5) is 26.6. The highest BCUT2D eigenvalue weighted by atomic mass is 19.1. The Hall–Kier alpha value is -2.69. The number of hydrogen-bond donors (Lipinski definition) is 1. The van der Waals surface area contributed by atoms with Gasteiger partial charge in [0.1, 0.15) is 5.82 Å². The van der Waals surface area contributed by atoms with Crippen molar-refractivity contribution >= 4 is 11.8 Å². The summed E-state index contributed by atoms with van der Waals surface area (Å²) in [5.41, 5.74) is 1.18. The largest absolute Gasteiger partial charge is 0.351 e. The van der Waals surface area contributed by atoms with Gasteiger partial charge >= 0.3 is 0 Å². The first-order valence-electron chi connectivity index (χ1n) is 8.85. The van der Waals surface area contributed by atoms with Crippen molar-refractivity contribution in [3.63, 3.8) is 0 Å². The van der Waals surface area contributed by atoms with Gasteiger partial charge in [-0.3, -0.25) is 9.59 Å². The standard InChI is InChI=1S/C21H23FN2O2/c1-16(25)24-13-11-21(12-14-24,18-5-3-2-4-6-18)20(26)23-15-17-7-9-19(22)10-8-17/h2-10H,11-15H2,1H3,(H,23,26). The Morgan fingerprint density at radius 2 is 1.65 bits per heavy atom. The van der Waals surface area contributed by atoms with Crippen molar-refractivity contribution in [1.82, 2.24) is 10.2 Å². The van der Waals surface area contributed by atoms with Gasteiger partial charge in [0.2, 0.25) is 11.8 Å². The summed E-state index contributed by atoms with van der Waals surface area (Å²) in [6.45, 7) is 3.04. The zero-order valence-electron chi connectivity index (χ0n) is 14.9. The van der Waals surface area contributed by atoms with Crippen molar-refractivity contribution in [2.75, 3.05) is 13.1 Å². The Bertz CT molecular complexity index is 766. The summed E-state index contributed by atoms with van der Waals surface area (Å²) in [7, 11) is 0. The van der Waals surface area contributed by atoms with Crippen LogP contribution in [0.2, 0.25) is 0 Å². The quantitative estimate of drug-likeness (QED) is 0.918. The zero-order valence-corrected chi connectivity index (χ0v) is 14.9. The van der Waals surface area contributed by atoms with Crippen LogP contribution in [0.15, 0.2) is 54.6 Å². The average Bonchev–Trinajstić information content (AvgIpc) is 2.68. The second kappa shape index (κ2) is 7.68. The normalized spacial score (nSPS) is 16.2. The van der Waals surface area contributed by atoms with E-state index in [0.29, 0.717) is 32.5 Å². The molecule has 1 fully saturated rings. The van der Waals surface area contributed by atoms with Crippen LogP contribution < -0.4 is 5.32 Å². The minimum atomic E-state index is -0.646. The number of piperidine rings is 1. The van der Waals surface area contributed by atoms with E-state index in [2.05, 4.69) is 5.32 Å². The first-order chi connectivity index (χ1) is 12.5. The number of likely N-dealkylation sites (tertiary alicyclic amines) is 1. The van der Waals surface area contributed by atoms with Gasteiger partial charge in [-0.1, -0.05) is 42.5 Å². The minimum Gasteiger partial charge on any atom is -0.351 e. The van der Waals surface area contributed by atoms with Crippen LogP contribution in [0.4, 0.5) is 4.39 Å². The number of nitrogens with zero attached hydrogens (tertiary/aromatic N) is 1. The maximum Gasteiger partial charge on any atom is 0.231 e. The summed E-state index contributed by atoms with van der Waals surface area (Å²) < 4.78 is 13.0. The summed E-state index contributed by atoms with van der Waals surface area (Å²) >= 11 is 0. The first kappa shape index (κ1) is 18.1. The number of benzene rings is 2. The van der Waals surface area contributed by atoms with Crippen LogP contribution in [0, 0.1) is 5.82 Å². The molecule has 2 aromatic rings. The number of halogens is 1. The lowest BCUT2D eigenvalue weighted by atomic mass is 9.72. The number of amides is 2. The Morgan fingerprint density at radius 1 is 1.04 bits per heavy atom. The van der Waals surface area contributed by atoms with Crippen molar-refractivity contribution < 1.29 is 14.0 Å². The van der Waals surface area contributed by atoms with Crippen LogP contribution in [-0.2, 0) is 21.5 Å². The second-order valence-corrected chi connectivity index (χ2v) is 6.76. The summed E-state index contributed by atoms with van der Waals surface area (Å²) in [5, 5.41) is 3.01. The Morgan fingerprint density at radius 3 is 2.23 bits per heavy atom. The fourth-order valence-electron chi connectivity index (χ4n) is 3.56. The van der Waals surface area contributed by atoms with E-state index in [-0.39, 0.29) is 17.6 Å². The van der Waals surface area contributed by atoms with Gasteiger partial charge in [0.25, 0.3) is 0 Å². The highest BCUT2D eigenvalue weighted by Crippen LogP contribution is 2.36. The number of hydrogen-bond acceptors (Lipinski definition) is 2. The van der Waals surface area contributed by atoms with Gasteiger partial charge in [-0.05, 0) is 36.1 Å². The summed E-state index contributed by atoms with van der Waals surface area (Å²) in [6, 6.07) is 15.9. The molecule has 2 aromatic carbocycles. The van der Waals surface area contributed by atoms with Gasteiger partial charge in [-0.25, -0.2) is 4.39 Å². The molecule has 0 aromatic heterocycles. The van der Waals surface area contributed by atoms with Gasteiger partial charge in [0, 0.05) is 26.6 Å². The Kier molecular flexibility index (Phi) is 5.35. The van der Waals surface area contributed by atoms with E-state index >= 15 is 0 Å². The topological polar surface area (TPSA) is 49.4 Å². The molecule has 0 unspecified atom stereocenters. The van der Waals surface area contributed by atoms with Crippen molar-refractivity contribution in [3.8, 4) is 0 Å². The van der Waals surface area contributed by atoms with E-state index < -0.39 is 5.41 Å². The van der Waals surface area contributed by atoms with Crippen molar-refractivity contribution in [2.45, 2.75) is 31.7 Å². The lowest BCUT2D eigenvalue weighted by Crippen LogP contribution is -2.52. The molecule has 136 valence electrons. The van der Waals surface area contributed by atoms with Crippen LogP contribution in [0.5, 0.6) is 0 Å². The average molecular weight is 354 g/mol. The molecule has 3 rings (SSSR count). The molecule has 0 saturated carbocycles. The van der Waals surface area contributed by atoms with Gasteiger partial charge in [0.15, 0.2) is 0 Å². The predicted octanol–water partition coefficient (Wildman–Crippen LogP) is 3.02. The molecular formula is C21H23FN2O2. The van der Waals surface area contributed by atoms with E-state index in [1.807, 2.05) is 30.3 Å². The molecule has 0 bridgehead atoms. The third-order valence-corrected chi connectivity index (χ3v) is 5.19. The van der Waals surface area contributed by atoms with E-state index in [1.54, 1.807) is 24.0 Å². The highest BCUT2D eigenvalue weighted by molar-refractivity contribution is 5.88. The van der Waals surface area contributed by atoms with Crippen LogP contribution in [0.25, 0.3) is 0 Å². The lowest BCUT2D eigenvalue weighted by molar-refractivity contribution is -0.135. The smallest absolute Gasteiger partial charge is 0.231 e. The van der Waals surface area contributed by atoms with Crippen molar-refractivity contribution in [1.29, 1.82) is 0 Å². The van der Waals surface area contributed by atoms with Crippen molar-refractivity contribution in [2.24, 2.45) is 0 Å². The van der Waals surface area contributed by atoms with Gasteiger partial charge in [-0.2, -0.15) is 0 Å². The Balaban J connectivity index is 1.78. The lowest BCUT2D eigenvalue weighted by Gasteiger charge is -2.40. The molecule has 5 heteroatoms. The summed E-state index contributed by atoms with van der Waals surface area (Å²) in [5.74, 6) is -0.299.